The van der Waals surface area contributed by atoms with Crippen LogP contribution in [-0.2, 0) is 50.6 Å². The number of rotatable bonds is 28. The summed E-state index contributed by atoms with van der Waals surface area (Å²) in [7, 11) is -18.8. The van der Waals surface area contributed by atoms with Crippen LogP contribution in [0.15, 0.2) is 0 Å². The van der Waals surface area contributed by atoms with Gasteiger partial charge in [-0.15, -0.1) is 0 Å². The molecule has 0 aromatic heterocycles. The summed E-state index contributed by atoms with van der Waals surface area (Å²) in [4.78, 5) is 0. The molecule has 0 aromatic carbocycles. The molecule has 0 aromatic rings. The Morgan fingerprint density at radius 1 is 0.341 bits per heavy atom. The summed E-state index contributed by atoms with van der Waals surface area (Å²) >= 11 is -7.00. The Morgan fingerprint density at radius 3 is 0.707 bits per heavy atom. The normalized spacial score (nSPS) is 13.6. The van der Waals surface area contributed by atoms with Crippen molar-refractivity contribution in [1.82, 2.24) is 0 Å². The molecule has 0 aliphatic rings. The minimum atomic E-state index is -7.00. The van der Waals surface area contributed by atoms with E-state index in [-0.39, 0.29) is 25.7 Å². The van der Waals surface area contributed by atoms with Gasteiger partial charge in [-0.25, -0.2) is 0 Å². The third kappa shape index (κ3) is 21.7. The summed E-state index contributed by atoms with van der Waals surface area (Å²) in [5, 5.41) is 0. The van der Waals surface area contributed by atoms with Crippen LogP contribution in [0.4, 0.5) is 0 Å². The summed E-state index contributed by atoms with van der Waals surface area (Å²) in [6.45, 7) is 7.68. The Balaban J connectivity index is 6.49. The minimum absolute atomic E-state index is 0.120. The Kier molecular flexibility index (Phi) is 21.5. The first-order valence-corrected chi connectivity index (χ1v) is 25.8. The Hall–Kier alpha value is 0.439. The van der Waals surface area contributed by atoms with Gasteiger partial charge in [0.25, 0.3) is 0 Å². The van der Waals surface area contributed by atoms with Crippen molar-refractivity contribution >= 4 is 60.5 Å². The van der Waals surface area contributed by atoms with Crippen LogP contribution in [0.5, 0.6) is 0 Å². The van der Waals surface area contributed by atoms with E-state index in [9.17, 15) is 33.7 Å². The molecule has 0 radical (unpaired) electrons. The molecule has 0 amide bonds. The molecular weight excluding hydrogens is 727 g/mol. The van der Waals surface area contributed by atoms with E-state index >= 15 is 0 Å². The van der Waals surface area contributed by atoms with E-state index in [2.05, 4.69) is 0 Å². The molecule has 0 aliphatic carbocycles. The molecule has 0 unspecified atom stereocenters. The van der Waals surface area contributed by atoms with E-state index in [4.69, 9.17) is 10.1 Å². The van der Waals surface area contributed by atoms with Gasteiger partial charge in [0, 0.05) is 0 Å². The van der Waals surface area contributed by atoms with Crippen LogP contribution < -0.4 is 0 Å². The first-order chi connectivity index (χ1) is 19.1. The molecule has 41 heavy (non-hydrogen) atoms. The molecule has 0 N–H and O–H groups in total. The van der Waals surface area contributed by atoms with Gasteiger partial charge in [-0.3, -0.25) is 0 Å². The molecule has 0 bridgehead atoms. The van der Waals surface area contributed by atoms with Crippen LogP contribution >= 0.6 is 0 Å². The molecule has 0 saturated heterocycles. The van der Waals surface area contributed by atoms with E-state index in [1.807, 2.05) is 27.7 Å². The summed E-state index contributed by atoms with van der Waals surface area (Å²) in [5.41, 5.74) is 0. The molecule has 0 rings (SSSR count). The summed E-state index contributed by atoms with van der Waals surface area (Å²) in [5.74, 6) is -2.48. The first kappa shape index (κ1) is 41.4. The van der Waals surface area contributed by atoms with Crippen molar-refractivity contribution < 1.29 is 43.8 Å². The number of hydrogen-bond acceptors (Lipinski definition) is 12. The van der Waals surface area contributed by atoms with E-state index in [1.54, 1.807) is 0 Å². The number of unbranched alkanes of at least 4 members (excludes halogenated alkanes) is 12. The molecule has 0 spiro atoms. The van der Waals surface area contributed by atoms with Crippen LogP contribution in [0.25, 0.3) is 0 Å². The van der Waals surface area contributed by atoms with Crippen LogP contribution in [0.1, 0.15) is 130 Å². The Morgan fingerprint density at radius 2 is 0.537 bits per heavy atom. The zero-order valence-corrected chi connectivity index (χ0v) is 31.3. The zero-order valence-electron chi connectivity index (χ0n) is 25.2. The molecule has 0 atom stereocenters. The van der Waals surface area contributed by atoms with Gasteiger partial charge in [0.05, 0.1) is 0 Å². The van der Waals surface area contributed by atoms with E-state index in [0.717, 1.165) is 51.4 Å². The molecule has 0 aliphatic heterocycles. The van der Waals surface area contributed by atoms with Gasteiger partial charge >= 0.3 is 258 Å². The molecule has 0 heterocycles. The van der Waals surface area contributed by atoms with Crippen molar-refractivity contribution in [3.05, 3.63) is 0 Å². The van der Waals surface area contributed by atoms with E-state index in [0.29, 0.717) is 25.7 Å². The predicted molar refractivity (Wildman–Crippen MR) is 162 cm³/mol. The van der Waals surface area contributed by atoms with Crippen molar-refractivity contribution in [2.45, 2.75) is 130 Å². The third-order valence-electron chi connectivity index (χ3n) is 5.91. The second kappa shape index (κ2) is 21.2. The second-order valence-corrected chi connectivity index (χ2v) is 25.4. The fourth-order valence-electron chi connectivity index (χ4n) is 3.69. The van der Waals surface area contributed by atoms with Gasteiger partial charge in [0.15, 0.2) is 0 Å². The van der Waals surface area contributed by atoms with Gasteiger partial charge in [-0.1, -0.05) is 0 Å². The summed E-state index contributed by atoms with van der Waals surface area (Å²) in [6.07, 6.45) is 8.61. The fourth-order valence-corrected chi connectivity index (χ4v) is 26.0. The quantitative estimate of drug-likeness (QED) is 0.0758. The van der Waals surface area contributed by atoms with Crippen LogP contribution in [-0.4, -0.2) is 76.7 Å². The predicted octanol–water partition coefficient (Wildman–Crippen LogP) is 5.13. The molecule has 248 valence electrons. The average Bonchev–Trinajstić information content (AvgIpc) is 2.83. The van der Waals surface area contributed by atoms with Crippen LogP contribution in [0.2, 0.25) is 0 Å². The monoisotopic (exact) mass is 780 g/mol. The van der Waals surface area contributed by atoms with Crippen molar-refractivity contribution in [1.29, 1.82) is 0 Å². The van der Waals surface area contributed by atoms with Gasteiger partial charge in [-0.05, 0) is 0 Å². The third-order valence-corrected chi connectivity index (χ3v) is 26.6. The maximum atomic E-state index is 13.0. The SMILES string of the molecule is CCCCCCS(=O)(=O)[O][Sn]([O]S(=O)(=O)CCCCCC)([O]S(=O)(=O)CCCCCC)[O]S(=O)(=O)CCCCCC. The average molecular weight is 780 g/mol. The van der Waals surface area contributed by atoms with Crippen LogP contribution in [0, 0.1) is 0 Å². The van der Waals surface area contributed by atoms with Gasteiger partial charge in [0.2, 0.25) is 0 Å². The zero-order chi connectivity index (χ0) is 31.5. The maximum absolute atomic E-state index is 13.0. The van der Waals surface area contributed by atoms with Crippen molar-refractivity contribution in [3.8, 4) is 0 Å². The fraction of sp³-hybridized carbons (Fsp3) is 1.00. The second-order valence-electron chi connectivity index (χ2n) is 10.1. The molecule has 0 fully saturated rings. The molecule has 0 saturated carbocycles. The number of hydrogen-bond donors (Lipinski definition) is 0. The van der Waals surface area contributed by atoms with E-state index in [1.165, 1.54) is 0 Å². The topological polar surface area (TPSA) is 173 Å². The van der Waals surface area contributed by atoms with Crippen molar-refractivity contribution in [2.75, 3.05) is 23.0 Å². The van der Waals surface area contributed by atoms with Gasteiger partial charge < -0.3 is 0 Å². The standard InChI is InChI=1S/4C6H14O3S.Sn/c4*1-2-3-4-5-6-10(7,8)9;/h4*2-6H2,1H3,(H,7,8,9);/q;;;;+4/p-4. The van der Waals surface area contributed by atoms with E-state index < -0.39 is 83.5 Å². The Labute approximate surface area is 256 Å². The Bertz CT molecular complexity index is 940. The van der Waals surface area contributed by atoms with Crippen LogP contribution in [0.3, 0.4) is 0 Å². The molecular formula is C24H52O12S4Sn. The summed E-state index contributed by atoms with van der Waals surface area (Å²) < 4.78 is 124. The van der Waals surface area contributed by atoms with Crippen molar-refractivity contribution in [2.24, 2.45) is 0 Å². The molecule has 12 nitrogen and oxygen atoms in total. The molecule has 17 heteroatoms. The van der Waals surface area contributed by atoms with Gasteiger partial charge in [0.1, 0.15) is 0 Å². The van der Waals surface area contributed by atoms with Gasteiger partial charge in [-0.2, -0.15) is 0 Å². The first-order valence-electron chi connectivity index (χ1n) is 14.8. The van der Waals surface area contributed by atoms with Crippen molar-refractivity contribution in [3.63, 3.8) is 0 Å². The summed E-state index contributed by atoms with van der Waals surface area (Å²) in [6, 6.07) is 0.